The molecule has 5 nitrogen and oxygen atoms in total. The van der Waals surface area contributed by atoms with E-state index in [1.165, 1.54) is 12.5 Å². The van der Waals surface area contributed by atoms with Gasteiger partial charge < -0.3 is 10.6 Å². The van der Waals surface area contributed by atoms with Crippen molar-refractivity contribution in [2.24, 2.45) is 0 Å². The predicted molar refractivity (Wildman–Crippen MR) is 86.2 cm³/mol. The topological polar surface area (TPSA) is 61.4 Å². The minimum Gasteiger partial charge on any atom is -0.353 e. The van der Waals surface area contributed by atoms with E-state index in [2.05, 4.69) is 46.7 Å². The second-order valence-electron chi connectivity index (χ2n) is 6.19. The highest BCUT2D eigenvalue weighted by molar-refractivity contribution is 5.83. The summed E-state index contributed by atoms with van der Waals surface area (Å²) < 4.78 is 0. The van der Waals surface area contributed by atoms with Gasteiger partial charge in [-0.15, -0.1) is 0 Å². The lowest BCUT2D eigenvalue weighted by Crippen LogP contribution is -2.50. The molecule has 1 aromatic rings. The molecule has 1 aliphatic rings. The zero-order valence-electron chi connectivity index (χ0n) is 13.4. The van der Waals surface area contributed by atoms with Crippen molar-refractivity contribution in [1.82, 2.24) is 15.5 Å². The predicted octanol–water partition coefficient (Wildman–Crippen LogP) is 1.29. The van der Waals surface area contributed by atoms with Gasteiger partial charge in [0.1, 0.15) is 0 Å². The van der Waals surface area contributed by atoms with Gasteiger partial charge in [-0.3, -0.25) is 14.5 Å². The van der Waals surface area contributed by atoms with Gasteiger partial charge >= 0.3 is 0 Å². The Hall–Kier alpha value is -1.88. The molecule has 0 saturated carbocycles. The third-order valence-electron chi connectivity index (χ3n) is 4.29. The van der Waals surface area contributed by atoms with E-state index in [0.717, 1.165) is 25.9 Å². The van der Waals surface area contributed by atoms with Crippen molar-refractivity contribution < 1.29 is 9.59 Å². The molecule has 22 heavy (non-hydrogen) atoms. The normalized spacial score (nSPS) is 21.5. The van der Waals surface area contributed by atoms with E-state index in [9.17, 15) is 9.59 Å². The van der Waals surface area contributed by atoms with Crippen LogP contribution in [0.3, 0.4) is 0 Å². The van der Waals surface area contributed by atoms with Crippen LogP contribution in [0.15, 0.2) is 30.3 Å². The number of amides is 2. The van der Waals surface area contributed by atoms with Gasteiger partial charge in [0.2, 0.25) is 11.8 Å². The Morgan fingerprint density at radius 1 is 1.23 bits per heavy atom. The lowest BCUT2D eigenvalue weighted by atomic mass is 9.98. The van der Waals surface area contributed by atoms with Crippen LogP contribution in [0.2, 0.25) is 0 Å². The minimum absolute atomic E-state index is 0.0261. The number of likely N-dealkylation sites (tertiary alicyclic amines) is 1. The van der Waals surface area contributed by atoms with Crippen LogP contribution in [-0.2, 0) is 16.1 Å². The van der Waals surface area contributed by atoms with Crippen LogP contribution in [0, 0.1) is 0 Å². The molecular weight excluding hydrogens is 278 g/mol. The number of nitrogens with one attached hydrogen (secondary N) is 2. The van der Waals surface area contributed by atoms with Crippen LogP contribution in [0.4, 0.5) is 0 Å². The lowest BCUT2D eigenvalue weighted by Gasteiger charge is -2.35. The lowest BCUT2D eigenvalue weighted by molar-refractivity contribution is -0.125. The van der Waals surface area contributed by atoms with E-state index >= 15 is 0 Å². The third kappa shape index (κ3) is 4.56. The first kappa shape index (κ1) is 16.5. The molecule has 2 rings (SSSR count). The molecule has 0 spiro atoms. The van der Waals surface area contributed by atoms with E-state index in [-0.39, 0.29) is 23.9 Å². The third-order valence-corrected chi connectivity index (χ3v) is 4.29. The highest BCUT2D eigenvalue weighted by Gasteiger charge is 2.36. The Labute approximate surface area is 132 Å². The summed E-state index contributed by atoms with van der Waals surface area (Å²) in [6.07, 6.45) is 2.21. The molecule has 0 aromatic heterocycles. The summed E-state index contributed by atoms with van der Waals surface area (Å²) in [5.74, 6) is -0.323. The number of carbonyl (C=O) groups excluding carboxylic acids is 2. The molecule has 1 heterocycles. The molecule has 120 valence electrons. The summed E-state index contributed by atoms with van der Waals surface area (Å²) in [5, 5.41) is 5.46. The van der Waals surface area contributed by atoms with Crippen molar-refractivity contribution in [2.75, 3.05) is 19.6 Å². The summed E-state index contributed by atoms with van der Waals surface area (Å²) in [6, 6.07) is 10.4. The summed E-state index contributed by atoms with van der Waals surface area (Å²) in [4.78, 5) is 25.0. The van der Waals surface area contributed by atoms with Crippen LogP contribution >= 0.6 is 0 Å². The number of nitrogens with zero attached hydrogens (tertiary/aromatic N) is 1. The average Bonchev–Trinajstić information content (AvgIpc) is 2.86. The number of rotatable bonds is 6. The highest BCUT2D eigenvalue weighted by Crippen LogP contribution is 2.29. The Bertz CT molecular complexity index is 518. The van der Waals surface area contributed by atoms with Crippen molar-refractivity contribution in [3.05, 3.63) is 35.9 Å². The number of hydrogen-bond donors (Lipinski definition) is 2. The Morgan fingerprint density at radius 3 is 2.64 bits per heavy atom. The monoisotopic (exact) mass is 303 g/mol. The standard InChI is InChI=1S/C17H25N3O2/c1-14(21)18-11-16(22)19-13-17(2)9-6-10-20(17)12-15-7-4-3-5-8-15/h3-5,7-8H,6,9-13H2,1-2H3,(H,18,21)(H,19,22). The maximum Gasteiger partial charge on any atom is 0.239 e. The molecule has 0 aliphatic carbocycles. The van der Waals surface area contributed by atoms with Crippen LogP contribution in [-0.4, -0.2) is 41.9 Å². The van der Waals surface area contributed by atoms with Crippen LogP contribution < -0.4 is 10.6 Å². The molecule has 1 unspecified atom stereocenters. The Kier molecular flexibility index (Phi) is 5.55. The van der Waals surface area contributed by atoms with Crippen molar-refractivity contribution in [2.45, 2.75) is 38.8 Å². The van der Waals surface area contributed by atoms with Crippen LogP contribution in [0.1, 0.15) is 32.3 Å². The Morgan fingerprint density at radius 2 is 1.95 bits per heavy atom. The SMILES string of the molecule is CC(=O)NCC(=O)NCC1(C)CCCN1Cc1ccccc1. The molecule has 1 saturated heterocycles. The second kappa shape index (κ2) is 7.40. The number of carbonyl (C=O) groups is 2. The van der Waals surface area contributed by atoms with Crippen molar-refractivity contribution in [3.63, 3.8) is 0 Å². The zero-order chi connectivity index (χ0) is 16.0. The van der Waals surface area contributed by atoms with E-state index in [1.54, 1.807) is 0 Å². The van der Waals surface area contributed by atoms with Gasteiger partial charge in [0.25, 0.3) is 0 Å². The van der Waals surface area contributed by atoms with Gasteiger partial charge in [0, 0.05) is 25.6 Å². The summed E-state index contributed by atoms with van der Waals surface area (Å²) in [7, 11) is 0. The van der Waals surface area contributed by atoms with E-state index in [0.29, 0.717) is 6.54 Å². The highest BCUT2D eigenvalue weighted by atomic mass is 16.2. The van der Waals surface area contributed by atoms with Gasteiger partial charge in [-0.05, 0) is 31.9 Å². The van der Waals surface area contributed by atoms with E-state index in [1.807, 2.05) is 6.07 Å². The molecule has 1 aliphatic heterocycles. The van der Waals surface area contributed by atoms with Crippen LogP contribution in [0.5, 0.6) is 0 Å². The van der Waals surface area contributed by atoms with Gasteiger partial charge in [0.05, 0.1) is 6.54 Å². The van der Waals surface area contributed by atoms with Crippen molar-refractivity contribution in [3.8, 4) is 0 Å². The minimum atomic E-state index is -0.187. The molecule has 1 atom stereocenters. The summed E-state index contributed by atoms with van der Waals surface area (Å²) in [6.45, 7) is 6.21. The fraction of sp³-hybridized carbons (Fsp3) is 0.529. The molecule has 0 radical (unpaired) electrons. The van der Waals surface area contributed by atoms with Crippen molar-refractivity contribution in [1.29, 1.82) is 0 Å². The molecular formula is C17H25N3O2. The quantitative estimate of drug-likeness (QED) is 0.832. The smallest absolute Gasteiger partial charge is 0.239 e. The second-order valence-corrected chi connectivity index (χ2v) is 6.19. The van der Waals surface area contributed by atoms with E-state index in [4.69, 9.17) is 0 Å². The van der Waals surface area contributed by atoms with Gasteiger partial charge in [-0.2, -0.15) is 0 Å². The maximum absolute atomic E-state index is 11.8. The summed E-state index contributed by atoms with van der Waals surface area (Å²) >= 11 is 0. The first-order chi connectivity index (χ1) is 10.5. The zero-order valence-corrected chi connectivity index (χ0v) is 13.4. The van der Waals surface area contributed by atoms with Gasteiger partial charge in [0.15, 0.2) is 0 Å². The van der Waals surface area contributed by atoms with Crippen molar-refractivity contribution >= 4 is 11.8 Å². The fourth-order valence-corrected chi connectivity index (χ4v) is 2.91. The number of hydrogen-bond acceptors (Lipinski definition) is 3. The van der Waals surface area contributed by atoms with Crippen LogP contribution in [0.25, 0.3) is 0 Å². The maximum atomic E-state index is 11.8. The first-order valence-corrected chi connectivity index (χ1v) is 7.80. The van der Waals surface area contributed by atoms with Gasteiger partial charge in [-0.25, -0.2) is 0 Å². The molecule has 1 aromatic carbocycles. The molecule has 5 heteroatoms. The summed E-state index contributed by atoms with van der Waals surface area (Å²) in [5.41, 5.74) is 1.27. The molecule has 2 amide bonds. The molecule has 2 N–H and O–H groups in total. The van der Waals surface area contributed by atoms with E-state index < -0.39 is 0 Å². The number of benzene rings is 1. The average molecular weight is 303 g/mol. The molecule has 0 bridgehead atoms. The fourth-order valence-electron chi connectivity index (χ4n) is 2.91. The largest absolute Gasteiger partial charge is 0.353 e. The Balaban J connectivity index is 1.87. The molecule has 1 fully saturated rings. The van der Waals surface area contributed by atoms with Gasteiger partial charge in [-0.1, -0.05) is 30.3 Å². The first-order valence-electron chi connectivity index (χ1n) is 7.80.